The summed E-state index contributed by atoms with van der Waals surface area (Å²) >= 11 is 0. The zero-order chi connectivity index (χ0) is 63.6. The smallest absolute Gasteiger partial charge is 0.303 e. The van der Waals surface area contributed by atoms with Crippen molar-refractivity contribution in [2.24, 2.45) is 17.8 Å². The van der Waals surface area contributed by atoms with Crippen LogP contribution in [0, 0.1) is 27.9 Å². The number of Topliss-reactive ketones (excluding diaryl/α,β-unsaturated/α-hetero) is 1. The average molecular weight is 1220 g/mol. The molecule has 0 saturated heterocycles. The van der Waals surface area contributed by atoms with E-state index in [4.69, 9.17) is 10.8 Å². The van der Waals surface area contributed by atoms with Crippen LogP contribution in [-0.4, -0.2) is 82.4 Å². The lowest BCUT2D eigenvalue weighted by Gasteiger charge is -2.39. The Morgan fingerprint density at radius 1 is 0.568 bits per heavy atom. The second-order valence-electron chi connectivity index (χ2n) is 27.6. The van der Waals surface area contributed by atoms with E-state index in [2.05, 4.69) is 91.9 Å². The van der Waals surface area contributed by atoms with Crippen LogP contribution in [0.25, 0.3) is 5.57 Å². The van der Waals surface area contributed by atoms with Crippen molar-refractivity contribution in [3.8, 4) is 0 Å². The highest BCUT2D eigenvalue weighted by atomic mass is 16.6. The van der Waals surface area contributed by atoms with Gasteiger partial charge in [0.2, 0.25) is 0 Å². The average Bonchev–Trinajstić information content (AvgIpc) is 1.10. The van der Waals surface area contributed by atoms with Gasteiger partial charge in [0.25, 0.3) is 5.69 Å². The van der Waals surface area contributed by atoms with Crippen molar-refractivity contribution in [1.82, 2.24) is 0 Å². The molecule has 0 spiro atoms. The number of nitro benzene ring substituents is 1. The molecule has 3 aromatic rings. The van der Waals surface area contributed by atoms with Crippen LogP contribution in [0.2, 0.25) is 0 Å². The van der Waals surface area contributed by atoms with Gasteiger partial charge in [0.15, 0.2) is 5.78 Å². The lowest BCUT2D eigenvalue weighted by atomic mass is 9.91. The number of benzene rings is 3. The van der Waals surface area contributed by atoms with Gasteiger partial charge in [-0.25, -0.2) is 0 Å². The predicted molar refractivity (Wildman–Crippen MR) is 369 cm³/mol. The number of hydrogen-bond acceptors (Lipinski definition) is 11. The molecule has 0 aliphatic heterocycles. The largest absolute Gasteiger partial charge is 0.481 e. The lowest BCUT2D eigenvalue weighted by Crippen LogP contribution is -2.40. The maximum Gasteiger partial charge on any atom is 0.303 e. The Morgan fingerprint density at radius 3 is 1.34 bits per heavy atom. The Kier molecular flexibility index (Phi) is 32.7. The molecule has 2 atom stereocenters. The van der Waals surface area contributed by atoms with Crippen molar-refractivity contribution in [3.63, 3.8) is 0 Å². The van der Waals surface area contributed by atoms with E-state index in [0.29, 0.717) is 53.4 Å². The van der Waals surface area contributed by atoms with E-state index < -0.39 is 11.9 Å². The molecule has 0 radical (unpaired) electrons. The molecule has 0 bridgehead atoms. The van der Waals surface area contributed by atoms with Gasteiger partial charge in [0.05, 0.1) is 40.5 Å². The van der Waals surface area contributed by atoms with Crippen LogP contribution in [0.3, 0.4) is 0 Å². The van der Waals surface area contributed by atoms with E-state index in [1.807, 2.05) is 39.0 Å². The van der Waals surface area contributed by atoms with Gasteiger partial charge in [-0.1, -0.05) is 164 Å². The Labute approximate surface area is 531 Å². The second-order valence-corrected chi connectivity index (χ2v) is 27.6. The van der Waals surface area contributed by atoms with Gasteiger partial charge in [-0.3, -0.25) is 29.3 Å². The predicted octanol–water partition coefficient (Wildman–Crippen LogP) is 19.0. The number of anilines is 5. The summed E-state index contributed by atoms with van der Waals surface area (Å²) in [4.78, 5) is 62.9. The number of carbonyl (C=O) groups is 4. The number of ketones is 2. The first kappa shape index (κ1) is 74.5. The summed E-state index contributed by atoms with van der Waals surface area (Å²) in [6.07, 6.45) is 32.3. The first-order chi connectivity index (χ1) is 41.5. The third kappa shape index (κ3) is 25.2. The maximum absolute atomic E-state index is 11.8. The molecule has 492 valence electrons. The number of carboxylic acids is 2. The van der Waals surface area contributed by atoms with Crippen molar-refractivity contribution >= 4 is 63.2 Å². The number of rotatable bonds is 23. The standard InChI is InChI=1S/C26H42N2O2.C21H30N2O3.C20H32N2O2.C6H10O.CH4/c1-19(2)18-28(23-12-8-5-9-13-23)25-15-14-21(20(3)16-26(29)30)17-24(25)27-22-10-6-4-7-11-22;1-15(2)14-22(19-8-6-5-7-9-19)20-11-10-18(13-21(20)23(25)26)16(3)12-17(4)24;1-14(2)13-22(17-7-5-4-6-8-17)19-10-9-16(12-18(19)21)15(3)11-20(23)24;7-6-4-2-1-3-5-6;/h14-15,17,19-20,22-23,27H,4-13,16,18H2,1-3H3,(H,29,30);10-13,15,19H,5-9,14H2,1-4H3;9-10,12,14-15,17H,4-8,11,13,21H2,1-3H3,(H,23,24);1-5H2;1H4/b;16-12+;;;. The fourth-order valence-electron chi connectivity index (χ4n) is 13.8. The number of nitrogens with zero attached hydrogens (tertiary/aromatic N) is 4. The van der Waals surface area contributed by atoms with Gasteiger partial charge in [0.1, 0.15) is 11.5 Å². The number of nitro groups is 1. The van der Waals surface area contributed by atoms with E-state index in [1.165, 1.54) is 146 Å². The Hall–Kier alpha value is -5.92. The topological polar surface area (TPSA) is 200 Å². The van der Waals surface area contributed by atoms with Crippen LogP contribution in [0.15, 0.2) is 60.7 Å². The van der Waals surface area contributed by atoms with Gasteiger partial charge >= 0.3 is 11.9 Å². The number of carboxylic acid groups (broad SMARTS) is 2. The van der Waals surface area contributed by atoms with E-state index in [-0.39, 0.29) is 48.5 Å². The number of carbonyl (C=O) groups excluding carboxylic acids is 2. The summed E-state index contributed by atoms with van der Waals surface area (Å²) < 4.78 is 0. The molecule has 88 heavy (non-hydrogen) atoms. The molecule has 5 fully saturated rings. The number of aliphatic carboxylic acids is 2. The molecular weight excluding hydrogens is 1100 g/mol. The number of nitrogen functional groups attached to an aromatic ring is 1. The molecule has 14 nitrogen and oxygen atoms in total. The number of nitrogens with one attached hydrogen (secondary N) is 1. The number of allylic oxidation sites excluding steroid dienone is 2. The van der Waals surface area contributed by atoms with E-state index in [0.717, 1.165) is 91.8 Å². The molecule has 8 rings (SSSR count). The summed E-state index contributed by atoms with van der Waals surface area (Å²) in [6, 6.07) is 20.3. The molecule has 0 aromatic heterocycles. The van der Waals surface area contributed by atoms with E-state index >= 15 is 0 Å². The van der Waals surface area contributed by atoms with Crippen LogP contribution in [0.5, 0.6) is 0 Å². The van der Waals surface area contributed by atoms with Crippen LogP contribution >= 0.6 is 0 Å². The number of nitrogens with two attached hydrogens (primary N) is 1. The summed E-state index contributed by atoms with van der Waals surface area (Å²) in [5.74, 6) is 0.534. The maximum atomic E-state index is 11.8. The number of hydrogen-bond donors (Lipinski definition) is 4. The summed E-state index contributed by atoms with van der Waals surface area (Å²) in [5.41, 5.74) is 15.3. The minimum Gasteiger partial charge on any atom is -0.481 e. The SMILES string of the molecule is C.CC(=O)/C=C(\C)c1ccc(N(CC(C)C)C2CCCCC2)c([N+](=O)[O-])c1.CC(C)CN(c1ccc(C(C)CC(=O)O)cc1N)C1CCCCC1.CC(C)CN(c1ccc(C(C)CC(=O)O)cc1NC1CCCCC1)C1CCCCC1.O=C1CCCCC1. The van der Waals surface area contributed by atoms with Crippen molar-refractivity contribution in [2.45, 2.75) is 286 Å². The molecule has 2 unspecified atom stereocenters. The first-order valence-corrected chi connectivity index (χ1v) is 34.0. The molecule has 5 aliphatic rings. The molecular formula is C74H118N6O8. The van der Waals surface area contributed by atoms with E-state index in [1.54, 1.807) is 6.07 Å². The van der Waals surface area contributed by atoms with Gasteiger partial charge in [-0.2, -0.15) is 0 Å². The van der Waals surface area contributed by atoms with Gasteiger partial charge in [0, 0.05) is 62.7 Å². The molecule has 5 aliphatic carbocycles. The quantitative estimate of drug-likeness (QED) is 0.0303. The molecule has 5 saturated carbocycles. The summed E-state index contributed by atoms with van der Waals surface area (Å²) in [7, 11) is 0. The fourth-order valence-corrected chi connectivity index (χ4v) is 13.8. The Balaban J connectivity index is 0.000000266. The third-order valence-electron chi connectivity index (χ3n) is 18.3. The molecule has 3 aromatic carbocycles. The van der Waals surface area contributed by atoms with Gasteiger partial charge in [-0.05, 0) is 166 Å². The third-order valence-corrected chi connectivity index (χ3v) is 18.3. The van der Waals surface area contributed by atoms with Crippen molar-refractivity contribution in [1.29, 1.82) is 0 Å². The molecule has 0 heterocycles. The van der Waals surface area contributed by atoms with Gasteiger partial charge < -0.3 is 36.0 Å². The minimum atomic E-state index is -0.770. The fraction of sp³-hybridized carbons (Fsp3) is 0.676. The van der Waals surface area contributed by atoms with Crippen LogP contribution in [-0.2, 0) is 19.2 Å². The zero-order valence-corrected chi connectivity index (χ0v) is 55.4. The van der Waals surface area contributed by atoms with Crippen LogP contribution in [0.1, 0.15) is 279 Å². The lowest BCUT2D eigenvalue weighted by molar-refractivity contribution is -0.384. The monoisotopic (exact) mass is 1220 g/mol. The Bertz CT molecular complexity index is 2640. The molecule has 14 heteroatoms. The van der Waals surface area contributed by atoms with Crippen molar-refractivity contribution in [3.05, 3.63) is 87.5 Å². The highest BCUT2D eigenvalue weighted by molar-refractivity contribution is 5.95. The van der Waals surface area contributed by atoms with Gasteiger partial charge in [-0.15, -0.1) is 0 Å². The summed E-state index contributed by atoms with van der Waals surface area (Å²) in [6.45, 7) is 23.6. The van der Waals surface area contributed by atoms with Crippen molar-refractivity contribution < 1.29 is 34.3 Å². The molecule has 0 amide bonds. The summed E-state index contributed by atoms with van der Waals surface area (Å²) in [5, 5.41) is 33.9. The Morgan fingerprint density at radius 2 is 0.955 bits per heavy atom. The van der Waals surface area contributed by atoms with E-state index in [9.17, 15) is 34.4 Å². The zero-order valence-electron chi connectivity index (χ0n) is 55.4. The second kappa shape index (κ2) is 38.6. The highest BCUT2D eigenvalue weighted by Gasteiger charge is 2.30. The normalized spacial score (nSPS) is 17.8. The minimum absolute atomic E-state index is 0. The molecule has 5 N–H and O–H groups in total. The highest BCUT2D eigenvalue weighted by Crippen LogP contribution is 2.40. The van der Waals surface area contributed by atoms with Crippen molar-refractivity contribution in [2.75, 3.05) is 45.4 Å². The first-order valence-electron chi connectivity index (χ1n) is 34.0. The van der Waals surface area contributed by atoms with Crippen LogP contribution < -0.4 is 25.8 Å². The van der Waals surface area contributed by atoms with Crippen LogP contribution in [0.4, 0.5) is 34.1 Å².